The topological polar surface area (TPSA) is 84.5 Å². The van der Waals surface area contributed by atoms with Crippen molar-refractivity contribution in [3.63, 3.8) is 0 Å². The Kier molecular flexibility index (Phi) is 6.66. The van der Waals surface area contributed by atoms with Gasteiger partial charge in [-0.05, 0) is 42.5 Å². The zero-order chi connectivity index (χ0) is 18.4. The summed E-state index contributed by atoms with van der Waals surface area (Å²) in [6.45, 7) is 0.665. The monoisotopic (exact) mass is 402 g/mol. The van der Waals surface area contributed by atoms with Gasteiger partial charge < -0.3 is 10.1 Å². The number of carbonyl (C=O) groups is 1. The third-order valence-electron chi connectivity index (χ3n) is 3.18. The van der Waals surface area contributed by atoms with E-state index in [1.165, 1.54) is 49.6 Å². The van der Waals surface area contributed by atoms with Gasteiger partial charge in [0.05, 0.1) is 22.1 Å². The highest BCUT2D eigenvalue weighted by atomic mass is 35.5. The molecule has 2 aromatic carbocycles. The SMILES string of the molecule is COCCNC(=O)c1cc(NS(=O)(=O)c2ccc(Cl)cc2)ccc1Cl. The first-order valence-corrected chi connectivity index (χ1v) is 9.42. The van der Waals surface area contributed by atoms with Crippen LogP contribution < -0.4 is 10.0 Å². The van der Waals surface area contributed by atoms with Crippen LogP contribution in [0.25, 0.3) is 0 Å². The third kappa shape index (κ3) is 5.34. The van der Waals surface area contributed by atoms with Crippen molar-refractivity contribution in [2.45, 2.75) is 4.90 Å². The Labute approximate surface area is 156 Å². The third-order valence-corrected chi connectivity index (χ3v) is 5.16. The van der Waals surface area contributed by atoms with E-state index < -0.39 is 15.9 Å². The first-order chi connectivity index (χ1) is 11.8. The molecule has 0 aromatic heterocycles. The minimum Gasteiger partial charge on any atom is -0.383 e. The lowest BCUT2D eigenvalue weighted by molar-refractivity contribution is 0.0937. The van der Waals surface area contributed by atoms with E-state index in [1.807, 2.05) is 0 Å². The summed E-state index contributed by atoms with van der Waals surface area (Å²) in [5.41, 5.74) is 0.380. The smallest absolute Gasteiger partial charge is 0.261 e. The Morgan fingerprint density at radius 3 is 2.44 bits per heavy atom. The van der Waals surface area contributed by atoms with Gasteiger partial charge >= 0.3 is 0 Å². The highest BCUT2D eigenvalue weighted by molar-refractivity contribution is 7.92. The number of benzene rings is 2. The van der Waals surface area contributed by atoms with Crippen molar-refractivity contribution < 1.29 is 17.9 Å². The van der Waals surface area contributed by atoms with E-state index in [1.54, 1.807) is 0 Å². The molecule has 2 N–H and O–H groups in total. The molecule has 0 atom stereocenters. The van der Waals surface area contributed by atoms with Crippen molar-refractivity contribution in [2.75, 3.05) is 25.0 Å². The lowest BCUT2D eigenvalue weighted by Gasteiger charge is -2.11. The molecule has 2 aromatic rings. The van der Waals surface area contributed by atoms with Crippen molar-refractivity contribution in [3.8, 4) is 0 Å². The average Bonchev–Trinajstić information content (AvgIpc) is 2.57. The summed E-state index contributed by atoms with van der Waals surface area (Å²) in [6, 6.07) is 10.0. The van der Waals surface area contributed by atoms with Gasteiger partial charge in [-0.1, -0.05) is 23.2 Å². The largest absolute Gasteiger partial charge is 0.383 e. The number of carbonyl (C=O) groups excluding carboxylic acids is 1. The maximum Gasteiger partial charge on any atom is 0.261 e. The van der Waals surface area contributed by atoms with Gasteiger partial charge in [-0.2, -0.15) is 0 Å². The molecule has 0 spiro atoms. The molecule has 0 aliphatic carbocycles. The lowest BCUT2D eigenvalue weighted by atomic mass is 10.2. The number of hydrogen-bond acceptors (Lipinski definition) is 4. The Morgan fingerprint density at radius 2 is 1.80 bits per heavy atom. The van der Waals surface area contributed by atoms with Crippen molar-refractivity contribution in [2.24, 2.45) is 0 Å². The molecule has 0 bridgehead atoms. The standard InChI is InChI=1S/C16H16Cl2N2O4S/c1-24-9-8-19-16(21)14-10-12(4-7-15(14)18)20-25(22,23)13-5-2-11(17)3-6-13/h2-7,10,20H,8-9H2,1H3,(H,19,21). The summed E-state index contributed by atoms with van der Waals surface area (Å²) < 4.78 is 32.0. The van der Waals surface area contributed by atoms with Gasteiger partial charge in [0, 0.05) is 24.4 Å². The van der Waals surface area contributed by atoms with E-state index in [9.17, 15) is 13.2 Å². The zero-order valence-electron chi connectivity index (χ0n) is 13.3. The van der Waals surface area contributed by atoms with Crippen molar-refractivity contribution in [1.29, 1.82) is 0 Å². The Balaban J connectivity index is 2.21. The molecule has 0 fully saturated rings. The number of halogens is 2. The van der Waals surface area contributed by atoms with Gasteiger partial charge in [0.1, 0.15) is 0 Å². The predicted molar refractivity (Wildman–Crippen MR) is 97.9 cm³/mol. The molecule has 0 saturated carbocycles. The second-order valence-electron chi connectivity index (χ2n) is 5.00. The molecule has 0 heterocycles. The Bertz CT molecular complexity index is 855. The molecule has 0 saturated heterocycles. The number of amides is 1. The molecule has 25 heavy (non-hydrogen) atoms. The molecule has 6 nitrogen and oxygen atoms in total. The van der Waals surface area contributed by atoms with E-state index in [2.05, 4.69) is 10.0 Å². The maximum atomic E-state index is 12.4. The molecule has 0 aliphatic heterocycles. The maximum absolute atomic E-state index is 12.4. The van der Waals surface area contributed by atoms with Crippen molar-refractivity contribution in [1.82, 2.24) is 5.32 Å². The van der Waals surface area contributed by atoms with E-state index in [4.69, 9.17) is 27.9 Å². The fourth-order valence-corrected chi connectivity index (χ4v) is 3.33. The number of sulfonamides is 1. The fraction of sp³-hybridized carbons (Fsp3) is 0.188. The summed E-state index contributed by atoms with van der Waals surface area (Å²) in [5.74, 6) is -0.422. The number of ether oxygens (including phenoxy) is 1. The number of nitrogens with one attached hydrogen (secondary N) is 2. The van der Waals surface area contributed by atoms with E-state index in [-0.39, 0.29) is 21.2 Å². The average molecular weight is 403 g/mol. The van der Waals surface area contributed by atoms with E-state index in [0.717, 1.165) is 0 Å². The van der Waals surface area contributed by atoms with Crippen LogP contribution in [-0.2, 0) is 14.8 Å². The van der Waals surface area contributed by atoms with Gasteiger partial charge in [-0.25, -0.2) is 8.42 Å². The van der Waals surface area contributed by atoms with Crippen LogP contribution in [0.4, 0.5) is 5.69 Å². The number of anilines is 1. The Morgan fingerprint density at radius 1 is 1.12 bits per heavy atom. The van der Waals surface area contributed by atoms with Gasteiger partial charge in [0.2, 0.25) is 0 Å². The second-order valence-corrected chi connectivity index (χ2v) is 7.53. The molecule has 9 heteroatoms. The summed E-state index contributed by atoms with van der Waals surface area (Å²) in [5, 5.41) is 3.27. The molecule has 134 valence electrons. The number of rotatable bonds is 7. The summed E-state index contributed by atoms with van der Waals surface area (Å²) in [7, 11) is -2.29. The van der Waals surface area contributed by atoms with Gasteiger partial charge in [-0.15, -0.1) is 0 Å². The highest BCUT2D eigenvalue weighted by Gasteiger charge is 2.16. The van der Waals surface area contributed by atoms with E-state index >= 15 is 0 Å². The molecule has 0 aliphatic rings. The molecule has 0 unspecified atom stereocenters. The van der Waals surface area contributed by atoms with Gasteiger partial charge in [0.15, 0.2) is 0 Å². The van der Waals surface area contributed by atoms with Crippen LogP contribution in [0.15, 0.2) is 47.4 Å². The summed E-state index contributed by atoms with van der Waals surface area (Å²) in [4.78, 5) is 12.2. The van der Waals surface area contributed by atoms with Crippen LogP contribution in [0.2, 0.25) is 10.0 Å². The number of methoxy groups -OCH3 is 1. The number of hydrogen-bond donors (Lipinski definition) is 2. The summed E-state index contributed by atoms with van der Waals surface area (Å²) >= 11 is 11.8. The summed E-state index contributed by atoms with van der Waals surface area (Å²) in [6.07, 6.45) is 0. The van der Waals surface area contributed by atoms with Crippen LogP contribution >= 0.6 is 23.2 Å². The molecular formula is C16H16Cl2N2O4S. The first-order valence-electron chi connectivity index (χ1n) is 7.18. The normalized spacial score (nSPS) is 11.2. The van der Waals surface area contributed by atoms with Crippen molar-refractivity contribution >= 4 is 44.8 Å². The quantitative estimate of drug-likeness (QED) is 0.696. The van der Waals surface area contributed by atoms with Crippen LogP contribution in [-0.4, -0.2) is 34.6 Å². The molecule has 0 radical (unpaired) electrons. The second kappa shape index (κ2) is 8.53. The van der Waals surface area contributed by atoms with Crippen LogP contribution in [0.1, 0.15) is 10.4 Å². The lowest BCUT2D eigenvalue weighted by Crippen LogP contribution is -2.27. The molecular weight excluding hydrogens is 387 g/mol. The fourth-order valence-electron chi connectivity index (χ4n) is 1.95. The van der Waals surface area contributed by atoms with E-state index in [0.29, 0.717) is 18.2 Å². The minimum absolute atomic E-state index is 0.0537. The minimum atomic E-state index is -3.81. The predicted octanol–water partition coefficient (Wildman–Crippen LogP) is 3.17. The van der Waals surface area contributed by atoms with Gasteiger partial charge in [0.25, 0.3) is 15.9 Å². The van der Waals surface area contributed by atoms with Crippen molar-refractivity contribution in [3.05, 3.63) is 58.1 Å². The first kappa shape index (κ1) is 19.5. The van der Waals surface area contributed by atoms with Crippen LogP contribution in [0.3, 0.4) is 0 Å². The zero-order valence-corrected chi connectivity index (χ0v) is 15.6. The Hall–Kier alpha value is -1.80. The van der Waals surface area contributed by atoms with Crippen LogP contribution in [0, 0.1) is 0 Å². The molecule has 1 amide bonds. The highest BCUT2D eigenvalue weighted by Crippen LogP contribution is 2.23. The molecule has 2 rings (SSSR count). The van der Waals surface area contributed by atoms with Crippen LogP contribution in [0.5, 0.6) is 0 Å². The van der Waals surface area contributed by atoms with Gasteiger partial charge in [-0.3, -0.25) is 9.52 Å².